The van der Waals surface area contributed by atoms with Crippen LogP contribution >= 0.6 is 34.8 Å². The fraction of sp³-hybridized carbons (Fsp3) is 0.700. The highest BCUT2D eigenvalue weighted by molar-refractivity contribution is 6.74. The average Bonchev–Trinajstić information content (AvgIpc) is 2.56. The molecule has 0 bridgehead atoms. The Bertz CT molecular complexity index is 524. The van der Waals surface area contributed by atoms with E-state index in [2.05, 4.69) is 45.2 Å². The van der Waals surface area contributed by atoms with Gasteiger partial charge in [-0.25, -0.2) is 0 Å². The van der Waals surface area contributed by atoms with Crippen molar-refractivity contribution in [1.82, 2.24) is 0 Å². The molecule has 26 heavy (non-hydrogen) atoms. The summed E-state index contributed by atoms with van der Waals surface area (Å²) in [7, 11) is -1.63. The summed E-state index contributed by atoms with van der Waals surface area (Å²) in [5, 5.41) is 4.69. The summed E-state index contributed by atoms with van der Waals surface area (Å²) in [6.45, 7) is 11.6. The van der Waals surface area contributed by atoms with Crippen molar-refractivity contribution >= 4 is 48.8 Å². The minimum atomic E-state index is -1.63. The Balaban J connectivity index is 0.000000765. The first-order chi connectivity index (χ1) is 12.1. The summed E-state index contributed by atoms with van der Waals surface area (Å²) >= 11 is 16.2. The molecule has 0 unspecified atom stereocenters. The van der Waals surface area contributed by atoms with Crippen molar-refractivity contribution in [3.63, 3.8) is 0 Å². The number of hydrogen-bond donors (Lipinski definition) is 1. The number of anilines is 1. The number of rotatable bonds is 5. The van der Waals surface area contributed by atoms with Gasteiger partial charge in [0, 0.05) is 34.6 Å². The molecule has 0 aliphatic heterocycles. The van der Waals surface area contributed by atoms with Crippen molar-refractivity contribution in [2.75, 3.05) is 17.1 Å². The van der Waals surface area contributed by atoms with Crippen molar-refractivity contribution < 1.29 is 4.43 Å². The Hall–Kier alpha value is 0.0669. The second-order valence-corrected chi connectivity index (χ2v) is 14.3. The van der Waals surface area contributed by atoms with Crippen LogP contribution in [0, 0.1) is 0 Å². The van der Waals surface area contributed by atoms with Gasteiger partial charge in [-0.3, -0.25) is 0 Å². The summed E-state index contributed by atoms with van der Waals surface area (Å²) in [5.74, 6) is 1.11. The largest absolute Gasteiger partial charge is 0.414 e. The highest BCUT2D eigenvalue weighted by Gasteiger charge is 2.39. The predicted molar refractivity (Wildman–Crippen MR) is 121 cm³/mol. The molecular formula is C20H34Cl3NOSi. The monoisotopic (exact) mass is 437 g/mol. The van der Waals surface area contributed by atoms with Crippen molar-refractivity contribution in [1.29, 1.82) is 0 Å². The molecule has 150 valence electrons. The van der Waals surface area contributed by atoms with Gasteiger partial charge in [0.2, 0.25) is 0 Å². The minimum Gasteiger partial charge on any atom is -0.414 e. The van der Waals surface area contributed by atoms with Gasteiger partial charge in [0.1, 0.15) is 0 Å². The number of halogens is 3. The van der Waals surface area contributed by atoms with Crippen LogP contribution in [0.5, 0.6) is 0 Å². The third-order valence-corrected chi connectivity index (χ3v) is 10.6. The zero-order valence-corrected chi connectivity index (χ0v) is 20.0. The Morgan fingerprint density at radius 3 is 2.12 bits per heavy atom. The van der Waals surface area contributed by atoms with Crippen molar-refractivity contribution in [2.45, 2.75) is 76.7 Å². The fourth-order valence-electron chi connectivity index (χ4n) is 2.73. The molecule has 0 spiro atoms. The maximum atomic E-state index is 6.55. The van der Waals surface area contributed by atoms with Gasteiger partial charge in [-0.2, -0.15) is 0 Å². The van der Waals surface area contributed by atoms with E-state index in [1.54, 1.807) is 0 Å². The Labute approximate surface area is 176 Å². The molecule has 1 N–H and O–H groups in total. The summed E-state index contributed by atoms with van der Waals surface area (Å²) in [4.78, 5) is 0. The lowest BCUT2D eigenvalue weighted by molar-refractivity contribution is 0.133. The number of alkyl halides is 2. The first-order valence-electron chi connectivity index (χ1n) is 9.41. The van der Waals surface area contributed by atoms with Gasteiger partial charge in [0.15, 0.2) is 8.32 Å². The lowest BCUT2D eigenvalue weighted by atomic mass is 9.93. The number of nitrogens with one attached hydrogen (secondary N) is 1. The van der Waals surface area contributed by atoms with E-state index in [0.29, 0.717) is 28.9 Å². The van der Waals surface area contributed by atoms with Gasteiger partial charge in [-0.15, -0.1) is 23.2 Å². The molecule has 1 aliphatic rings. The van der Waals surface area contributed by atoms with E-state index in [1.165, 1.54) is 12.8 Å². The molecule has 6 heteroatoms. The van der Waals surface area contributed by atoms with Gasteiger partial charge < -0.3 is 9.74 Å². The average molecular weight is 439 g/mol. The lowest BCUT2D eigenvalue weighted by Gasteiger charge is -2.41. The molecule has 2 rings (SSSR count). The van der Waals surface area contributed by atoms with E-state index in [0.717, 1.165) is 23.6 Å². The normalized spacial score (nSPS) is 20.9. The third kappa shape index (κ3) is 8.39. The summed E-state index contributed by atoms with van der Waals surface area (Å²) < 4.78 is 6.55. The molecular weight excluding hydrogens is 405 g/mol. The van der Waals surface area contributed by atoms with Gasteiger partial charge >= 0.3 is 0 Å². The van der Waals surface area contributed by atoms with E-state index >= 15 is 0 Å². The van der Waals surface area contributed by atoms with E-state index in [-0.39, 0.29) is 0 Å². The molecule has 1 aromatic carbocycles. The van der Waals surface area contributed by atoms with E-state index in [1.807, 2.05) is 18.2 Å². The zero-order chi connectivity index (χ0) is 19.8. The Morgan fingerprint density at radius 2 is 1.65 bits per heavy atom. The van der Waals surface area contributed by atoms with Crippen LogP contribution in [0.2, 0.25) is 23.2 Å². The number of benzene rings is 1. The second-order valence-electron chi connectivity index (χ2n) is 8.38. The molecule has 0 aromatic heterocycles. The Kier molecular flexibility index (Phi) is 10.3. The molecule has 2 nitrogen and oxygen atoms in total. The van der Waals surface area contributed by atoms with Crippen LogP contribution in [0.3, 0.4) is 0 Å². The van der Waals surface area contributed by atoms with Crippen LogP contribution in [0.25, 0.3) is 0 Å². The molecule has 0 amide bonds. The smallest absolute Gasteiger partial charge is 0.192 e. The first-order valence-corrected chi connectivity index (χ1v) is 13.8. The zero-order valence-electron chi connectivity index (χ0n) is 16.7. The summed E-state index contributed by atoms with van der Waals surface area (Å²) in [5.41, 5.74) is 1.13. The topological polar surface area (TPSA) is 21.3 Å². The van der Waals surface area contributed by atoms with Crippen LogP contribution in [-0.4, -0.2) is 32.2 Å². The van der Waals surface area contributed by atoms with Crippen molar-refractivity contribution in [2.24, 2.45) is 0 Å². The van der Waals surface area contributed by atoms with Crippen LogP contribution in [0.4, 0.5) is 5.69 Å². The molecule has 0 radical (unpaired) electrons. The van der Waals surface area contributed by atoms with E-state index in [4.69, 9.17) is 39.2 Å². The van der Waals surface area contributed by atoms with Crippen molar-refractivity contribution in [3.05, 3.63) is 29.3 Å². The van der Waals surface area contributed by atoms with Crippen molar-refractivity contribution in [3.8, 4) is 0 Å². The maximum absolute atomic E-state index is 6.55. The molecule has 1 saturated carbocycles. The molecule has 1 aliphatic carbocycles. The molecule has 0 heterocycles. The molecule has 1 fully saturated rings. The van der Waals surface area contributed by atoms with Crippen LogP contribution in [0.1, 0.15) is 46.5 Å². The van der Waals surface area contributed by atoms with Crippen LogP contribution in [-0.2, 0) is 4.43 Å². The van der Waals surface area contributed by atoms with Crippen LogP contribution < -0.4 is 5.32 Å². The van der Waals surface area contributed by atoms with Gasteiger partial charge in [0.05, 0.1) is 0 Å². The van der Waals surface area contributed by atoms with E-state index < -0.39 is 8.32 Å². The summed E-state index contributed by atoms with van der Waals surface area (Å²) in [6.07, 6.45) is 5.10. The molecule has 0 saturated heterocycles. The lowest BCUT2D eigenvalue weighted by Crippen LogP contribution is -2.45. The third-order valence-electron chi connectivity index (χ3n) is 5.21. The quantitative estimate of drug-likeness (QED) is 0.378. The number of hydrogen-bond acceptors (Lipinski definition) is 2. The van der Waals surface area contributed by atoms with Crippen LogP contribution in [0.15, 0.2) is 24.3 Å². The SMILES string of the molecule is CC(C)(C)[Si](C)(C)OC1CCC(Nc2cccc(Cl)c2)CC1.ClCCCl. The fourth-order valence-corrected chi connectivity index (χ4v) is 4.35. The van der Waals surface area contributed by atoms with Gasteiger partial charge in [-0.1, -0.05) is 38.4 Å². The van der Waals surface area contributed by atoms with E-state index in [9.17, 15) is 0 Å². The molecule has 1 aromatic rings. The summed E-state index contributed by atoms with van der Waals surface area (Å²) in [6, 6.07) is 8.54. The molecule has 0 atom stereocenters. The van der Waals surface area contributed by atoms with Gasteiger partial charge in [0.25, 0.3) is 0 Å². The van der Waals surface area contributed by atoms with Gasteiger partial charge in [-0.05, 0) is 62.0 Å². The second kappa shape index (κ2) is 11.2. The highest BCUT2D eigenvalue weighted by atomic mass is 35.5. The first kappa shape index (κ1) is 24.1. The highest BCUT2D eigenvalue weighted by Crippen LogP contribution is 2.39. The minimum absolute atomic E-state index is 0.295. The standard InChI is InChI=1S/C18H30ClNOSi.C2H4Cl2/c1-18(2,3)22(4,5)21-17-11-9-15(10-12-17)20-16-8-6-7-14(19)13-16;3-1-2-4/h6-8,13,15,17,20H,9-12H2,1-5H3;1-2H2. The maximum Gasteiger partial charge on any atom is 0.192 e. The predicted octanol–water partition coefficient (Wildman–Crippen LogP) is 7.55. The Morgan fingerprint density at radius 1 is 1.08 bits per heavy atom.